The third kappa shape index (κ3) is 5.86. The quantitative estimate of drug-likeness (QED) is 0.414. The van der Waals surface area contributed by atoms with Crippen LogP contribution < -0.4 is 10.1 Å². The molecule has 0 aliphatic carbocycles. The third-order valence-corrected chi connectivity index (χ3v) is 8.44. The van der Waals surface area contributed by atoms with Crippen LogP contribution in [-0.4, -0.2) is 80.4 Å². The molecule has 11 nitrogen and oxygen atoms in total. The van der Waals surface area contributed by atoms with Gasteiger partial charge in [-0.3, -0.25) is 9.79 Å². The fourth-order valence-corrected chi connectivity index (χ4v) is 5.78. The number of aryl methyl sites for hydroxylation is 2. The maximum Gasteiger partial charge on any atom is 0.311 e. The lowest BCUT2D eigenvalue weighted by Gasteiger charge is -2.19. The number of carbonyl (C=O) groups excluding carboxylic acids is 1. The van der Waals surface area contributed by atoms with Crippen molar-refractivity contribution in [3.05, 3.63) is 70.4 Å². The van der Waals surface area contributed by atoms with Gasteiger partial charge in [-0.2, -0.15) is 4.31 Å². The Morgan fingerprint density at radius 2 is 1.79 bits per heavy atom. The molecule has 1 amide bonds. The van der Waals surface area contributed by atoms with E-state index in [0.29, 0.717) is 29.8 Å². The second-order valence-electron chi connectivity index (χ2n) is 9.18. The molecule has 2 aromatic carbocycles. The fraction of sp³-hybridized carbons (Fsp3) is 0.385. The molecule has 0 radical (unpaired) electrons. The van der Waals surface area contributed by atoms with Gasteiger partial charge in [-0.05, 0) is 49.1 Å². The number of nitrogens with zero attached hydrogens (tertiary/aromatic N) is 5. The van der Waals surface area contributed by atoms with Crippen molar-refractivity contribution in [3.63, 3.8) is 0 Å². The van der Waals surface area contributed by atoms with Gasteiger partial charge < -0.3 is 19.4 Å². The van der Waals surface area contributed by atoms with E-state index in [4.69, 9.17) is 9.15 Å². The molecule has 1 aliphatic rings. The van der Waals surface area contributed by atoms with Crippen molar-refractivity contribution in [2.75, 3.05) is 40.8 Å². The Labute approximate surface area is 222 Å². The molecule has 0 unspecified atom stereocenters. The molecular weight excluding hydrogens is 508 g/mol. The van der Waals surface area contributed by atoms with Gasteiger partial charge in [-0.15, -0.1) is 10.2 Å². The van der Waals surface area contributed by atoms with Gasteiger partial charge in [-0.1, -0.05) is 24.3 Å². The summed E-state index contributed by atoms with van der Waals surface area (Å²) in [5.74, 6) is 0.890. The van der Waals surface area contributed by atoms with Gasteiger partial charge in [0.25, 0.3) is 0 Å². The molecule has 3 aromatic rings. The maximum atomic E-state index is 13.3. The summed E-state index contributed by atoms with van der Waals surface area (Å²) >= 11 is 0. The Hall–Kier alpha value is -3.77. The molecule has 38 heavy (non-hydrogen) atoms. The molecule has 0 spiro atoms. The zero-order chi connectivity index (χ0) is 27.4. The largest absolute Gasteiger partial charge is 0.497 e. The van der Waals surface area contributed by atoms with E-state index >= 15 is 0 Å². The number of hydrogen-bond acceptors (Lipinski definition) is 9. The van der Waals surface area contributed by atoms with Crippen molar-refractivity contribution in [3.8, 4) is 5.75 Å². The molecule has 1 aliphatic heterocycles. The molecule has 1 aromatic heterocycles. The van der Waals surface area contributed by atoms with Gasteiger partial charge >= 0.3 is 11.8 Å². The predicted octanol–water partition coefficient (Wildman–Crippen LogP) is 2.18. The minimum absolute atomic E-state index is 0.0238. The van der Waals surface area contributed by atoms with E-state index in [1.807, 2.05) is 24.3 Å². The molecule has 4 rings (SSSR count). The van der Waals surface area contributed by atoms with Crippen LogP contribution in [0, 0.1) is 13.8 Å². The molecule has 2 heterocycles. The van der Waals surface area contributed by atoms with Gasteiger partial charge in [0.2, 0.25) is 15.9 Å². The zero-order valence-corrected chi connectivity index (χ0v) is 23.0. The summed E-state index contributed by atoms with van der Waals surface area (Å²) in [7, 11) is 0.759. The summed E-state index contributed by atoms with van der Waals surface area (Å²) in [5, 5.41) is 11.0. The average molecular weight is 541 g/mol. The highest BCUT2D eigenvalue weighted by Gasteiger charge is 2.28. The Kier molecular flexibility index (Phi) is 8.12. The number of likely N-dealkylation sites (N-methyl/N-ethyl adjacent to an activating group) is 1. The van der Waals surface area contributed by atoms with Crippen LogP contribution in [0.15, 0.2) is 50.7 Å². The normalized spacial score (nSPS) is 13.4. The van der Waals surface area contributed by atoms with Gasteiger partial charge in [0.1, 0.15) is 11.6 Å². The van der Waals surface area contributed by atoms with E-state index in [9.17, 15) is 13.2 Å². The van der Waals surface area contributed by atoms with Gasteiger partial charge in [0, 0.05) is 32.7 Å². The first-order chi connectivity index (χ1) is 18.1. The number of amidine groups is 1. The van der Waals surface area contributed by atoms with Gasteiger partial charge in [0.05, 0.1) is 25.1 Å². The zero-order valence-electron chi connectivity index (χ0n) is 22.2. The highest BCUT2D eigenvalue weighted by molar-refractivity contribution is 7.89. The molecule has 0 saturated carbocycles. The number of sulfonamides is 1. The lowest BCUT2D eigenvalue weighted by molar-refractivity contribution is 0.0754. The highest BCUT2D eigenvalue weighted by Crippen LogP contribution is 2.28. The van der Waals surface area contributed by atoms with Crippen molar-refractivity contribution in [2.45, 2.75) is 31.7 Å². The molecule has 202 valence electrons. The summed E-state index contributed by atoms with van der Waals surface area (Å²) < 4.78 is 38.4. The Balaban J connectivity index is 1.36. The van der Waals surface area contributed by atoms with Gasteiger partial charge in [-0.25, -0.2) is 8.42 Å². The lowest BCUT2D eigenvalue weighted by Crippen LogP contribution is -2.29. The van der Waals surface area contributed by atoms with Crippen LogP contribution in [0.4, 0.5) is 0 Å². The molecule has 0 fully saturated rings. The third-order valence-electron chi connectivity index (χ3n) is 6.33. The van der Waals surface area contributed by atoms with Crippen LogP contribution in [0.5, 0.6) is 5.75 Å². The van der Waals surface area contributed by atoms with Crippen LogP contribution in [0.25, 0.3) is 0 Å². The smallest absolute Gasteiger partial charge is 0.311 e. The molecule has 0 bridgehead atoms. The Morgan fingerprint density at radius 3 is 2.39 bits per heavy atom. The number of hydrogen-bond donors (Lipinski definition) is 1. The first-order valence-electron chi connectivity index (χ1n) is 12.2. The van der Waals surface area contributed by atoms with Crippen molar-refractivity contribution in [1.29, 1.82) is 0 Å². The number of nitrogens with one attached hydrogen (secondary N) is 1. The van der Waals surface area contributed by atoms with Crippen LogP contribution in [0.3, 0.4) is 0 Å². The SMILES string of the molecule is COc1cc(C)c(S(=O)(=O)N(C)Cc2nnc(C(=O)N(C)CCc3ccc(C4=NCCN4)cc3)o2)c(C)c1. The predicted molar refractivity (Wildman–Crippen MR) is 142 cm³/mol. The van der Waals surface area contributed by atoms with Crippen LogP contribution in [-0.2, 0) is 23.0 Å². The number of aliphatic imine (C=N–C) groups is 1. The number of carbonyl (C=O) groups is 1. The topological polar surface area (TPSA) is 130 Å². The standard InChI is InChI=1S/C26H32N6O5S/c1-17-14-21(36-5)15-18(2)23(17)38(34,35)32(4)16-22-29-30-25(37-22)26(33)31(3)13-10-19-6-8-20(9-7-19)24-27-11-12-28-24/h6-9,14-15H,10-13,16H2,1-5H3,(H,27,28). The van der Waals surface area contributed by atoms with Crippen molar-refractivity contribution < 1.29 is 22.4 Å². The fourth-order valence-electron chi connectivity index (χ4n) is 4.25. The molecule has 0 atom stereocenters. The Bertz CT molecular complexity index is 1430. The van der Waals surface area contributed by atoms with Crippen LogP contribution in [0.1, 0.15) is 38.8 Å². The molecule has 12 heteroatoms. The Morgan fingerprint density at radius 1 is 1.11 bits per heavy atom. The molecule has 0 saturated heterocycles. The summed E-state index contributed by atoms with van der Waals surface area (Å²) in [6.45, 7) is 5.34. The van der Waals surface area contributed by atoms with E-state index in [0.717, 1.165) is 34.4 Å². The van der Waals surface area contributed by atoms with Crippen LogP contribution in [0.2, 0.25) is 0 Å². The first-order valence-corrected chi connectivity index (χ1v) is 13.6. The average Bonchev–Trinajstić information content (AvgIpc) is 3.59. The first kappa shape index (κ1) is 27.3. The van der Waals surface area contributed by atoms with E-state index < -0.39 is 15.9 Å². The summed E-state index contributed by atoms with van der Waals surface area (Å²) in [5.41, 5.74) is 3.25. The van der Waals surface area contributed by atoms with E-state index in [-0.39, 0.29) is 23.2 Å². The summed E-state index contributed by atoms with van der Waals surface area (Å²) in [6, 6.07) is 11.4. The van der Waals surface area contributed by atoms with E-state index in [1.165, 1.54) is 19.1 Å². The van der Waals surface area contributed by atoms with Crippen molar-refractivity contribution in [1.82, 2.24) is 24.7 Å². The molecule has 1 N–H and O–H groups in total. The molecular formula is C26H32N6O5S. The lowest BCUT2D eigenvalue weighted by atomic mass is 10.1. The van der Waals surface area contributed by atoms with Crippen molar-refractivity contribution >= 4 is 21.8 Å². The van der Waals surface area contributed by atoms with Crippen molar-refractivity contribution in [2.24, 2.45) is 4.99 Å². The van der Waals surface area contributed by atoms with Gasteiger partial charge in [0.15, 0.2) is 0 Å². The highest BCUT2D eigenvalue weighted by atomic mass is 32.2. The second kappa shape index (κ2) is 11.3. The number of benzene rings is 2. The van der Waals surface area contributed by atoms with E-state index in [2.05, 4.69) is 20.5 Å². The summed E-state index contributed by atoms with van der Waals surface area (Å²) in [6.07, 6.45) is 0.644. The monoisotopic (exact) mass is 540 g/mol. The summed E-state index contributed by atoms with van der Waals surface area (Å²) in [4.78, 5) is 18.9. The second-order valence-corrected chi connectivity index (χ2v) is 11.2. The number of methoxy groups -OCH3 is 1. The number of aromatic nitrogens is 2. The number of amides is 1. The minimum Gasteiger partial charge on any atom is -0.497 e. The number of ether oxygens (including phenoxy) is 1. The number of rotatable bonds is 10. The van der Waals surface area contributed by atoms with Crippen LogP contribution >= 0.6 is 0 Å². The maximum absolute atomic E-state index is 13.3. The minimum atomic E-state index is -3.86. The van der Waals surface area contributed by atoms with E-state index in [1.54, 1.807) is 33.0 Å².